The fourth-order valence-corrected chi connectivity index (χ4v) is 1.90. The Morgan fingerprint density at radius 1 is 0.960 bits per heavy atom. The number of hydrogen-bond donors (Lipinski definition) is 0. The lowest BCUT2D eigenvalue weighted by atomic mass is 10.1. The van der Waals surface area contributed by atoms with Gasteiger partial charge in [-0.3, -0.25) is 0 Å². The molecule has 0 heterocycles. The van der Waals surface area contributed by atoms with E-state index in [1.165, 1.54) is 20.8 Å². The third kappa shape index (κ3) is 5.07. The molecule has 0 aliphatic heterocycles. The third-order valence-corrected chi connectivity index (χ3v) is 3.01. The van der Waals surface area contributed by atoms with Crippen LogP contribution in [0.2, 0.25) is 0 Å². The molecule has 9 heteroatoms. The van der Waals surface area contributed by atoms with Crippen LogP contribution in [-0.4, -0.2) is 30.6 Å². The monoisotopic (exact) mass is 365 g/mol. The topological polar surface area (TPSA) is 55.8 Å². The molecule has 25 heavy (non-hydrogen) atoms. The van der Waals surface area contributed by atoms with Gasteiger partial charge in [0, 0.05) is 6.92 Å². The smallest absolute Gasteiger partial charge is 0.417 e. The summed E-state index contributed by atoms with van der Waals surface area (Å²) in [5.74, 6) is -4.39. The van der Waals surface area contributed by atoms with Gasteiger partial charge in [-0.15, -0.1) is 0 Å². The highest BCUT2D eigenvalue weighted by molar-refractivity contribution is 5.97. The van der Waals surface area contributed by atoms with Crippen molar-refractivity contribution in [1.29, 1.82) is 0 Å². The van der Waals surface area contributed by atoms with E-state index in [4.69, 9.17) is 4.74 Å². The van der Waals surface area contributed by atoms with Gasteiger partial charge in [0.1, 0.15) is 5.60 Å². The van der Waals surface area contributed by atoms with Crippen LogP contribution in [0.3, 0.4) is 0 Å². The Morgan fingerprint density at radius 2 is 1.44 bits per heavy atom. The van der Waals surface area contributed by atoms with E-state index >= 15 is 0 Å². The fraction of sp³-hybridized carbons (Fsp3) is 0.500. The number of carbonyl (C=O) groups is 2. The number of carbonyl (C=O) groups excluding carboxylic acids is 2. The van der Waals surface area contributed by atoms with E-state index in [9.17, 15) is 27.2 Å². The molecular weight excluding hydrogens is 346 g/mol. The van der Waals surface area contributed by atoms with Gasteiger partial charge in [-0.2, -0.15) is 13.2 Å². The van der Waals surface area contributed by atoms with Gasteiger partial charge in [0.05, 0.1) is 18.4 Å². The van der Waals surface area contributed by atoms with Gasteiger partial charge in [0.15, 0.2) is 0 Å². The minimum atomic E-state index is -4.60. The Hall–Kier alpha value is -2.32. The second-order valence-corrected chi connectivity index (χ2v) is 6.31. The van der Waals surface area contributed by atoms with Gasteiger partial charge in [0.25, 0.3) is 5.79 Å². The molecule has 0 N–H and O–H groups in total. The molecule has 1 aromatic carbocycles. The van der Waals surface area contributed by atoms with E-state index < -0.39 is 35.2 Å². The van der Waals surface area contributed by atoms with Gasteiger partial charge in [-0.05, 0) is 45.0 Å². The molecule has 0 aromatic heterocycles. The first-order valence-corrected chi connectivity index (χ1v) is 7.18. The first-order valence-electron chi connectivity index (χ1n) is 7.18. The Balaban J connectivity index is 3.36. The predicted octanol–water partition coefficient (Wildman–Crippen LogP) is 4.31. The number of halogens is 4. The Kier molecular flexibility index (Phi) is 5.71. The van der Waals surface area contributed by atoms with Crippen LogP contribution in [0.15, 0.2) is 24.3 Å². The highest BCUT2D eigenvalue weighted by atomic mass is 19.4. The maximum Gasteiger partial charge on any atom is 0.417 e. The SMILES string of the molecule is COC(=O)[C@](C)(F)N(C(=O)OC(C)(C)C)c1ccc(C(F)(F)F)cc1. The lowest BCUT2D eigenvalue weighted by Gasteiger charge is -2.34. The van der Waals surface area contributed by atoms with Gasteiger partial charge < -0.3 is 9.47 Å². The largest absolute Gasteiger partial charge is 0.465 e. The Labute approximate surface area is 142 Å². The number of hydrogen-bond acceptors (Lipinski definition) is 4. The van der Waals surface area contributed by atoms with Crippen LogP contribution in [0.4, 0.5) is 28.0 Å². The van der Waals surface area contributed by atoms with Crippen molar-refractivity contribution in [2.75, 3.05) is 12.0 Å². The summed E-state index contributed by atoms with van der Waals surface area (Å²) in [7, 11) is 0.917. The van der Waals surface area contributed by atoms with E-state index in [1.54, 1.807) is 0 Å². The molecule has 0 spiro atoms. The molecule has 1 atom stereocenters. The standard InChI is InChI=1S/C16H19F4NO4/c1-14(2,3)25-13(23)21(15(4,17)12(22)24-5)11-8-6-10(7-9-11)16(18,19)20/h6-9H,1-5H3/t15-/m1/s1. The average Bonchev–Trinajstić information content (AvgIpc) is 2.43. The van der Waals surface area contributed by atoms with Crippen LogP contribution in [0.25, 0.3) is 0 Å². The van der Waals surface area contributed by atoms with Crippen molar-refractivity contribution in [3.8, 4) is 0 Å². The molecule has 5 nitrogen and oxygen atoms in total. The predicted molar refractivity (Wildman–Crippen MR) is 81.7 cm³/mol. The maximum atomic E-state index is 14.9. The minimum absolute atomic E-state index is 0.294. The Bertz CT molecular complexity index is 633. The zero-order valence-electron chi connectivity index (χ0n) is 14.4. The quantitative estimate of drug-likeness (QED) is 0.455. The summed E-state index contributed by atoms with van der Waals surface area (Å²) in [6.07, 6.45) is -5.85. The van der Waals surface area contributed by atoms with Crippen molar-refractivity contribution in [1.82, 2.24) is 0 Å². The molecule has 0 radical (unpaired) electrons. The summed E-state index contributed by atoms with van der Waals surface area (Å²) >= 11 is 0. The van der Waals surface area contributed by atoms with Crippen LogP contribution in [0.5, 0.6) is 0 Å². The molecule has 0 bridgehead atoms. The lowest BCUT2D eigenvalue weighted by Crippen LogP contribution is -2.54. The van der Waals surface area contributed by atoms with E-state index in [0.29, 0.717) is 17.0 Å². The number of rotatable bonds is 3. The molecule has 1 aromatic rings. The second-order valence-electron chi connectivity index (χ2n) is 6.31. The van der Waals surface area contributed by atoms with E-state index in [2.05, 4.69) is 4.74 Å². The zero-order chi connectivity index (χ0) is 19.6. The summed E-state index contributed by atoms with van der Waals surface area (Å²) in [4.78, 5) is 24.4. The molecule has 0 fully saturated rings. The number of benzene rings is 1. The molecule has 0 unspecified atom stereocenters. The van der Waals surface area contributed by atoms with E-state index in [1.807, 2.05) is 0 Å². The van der Waals surface area contributed by atoms with E-state index in [0.717, 1.165) is 26.2 Å². The van der Waals surface area contributed by atoms with Crippen LogP contribution >= 0.6 is 0 Å². The highest BCUT2D eigenvalue weighted by Gasteiger charge is 2.47. The van der Waals surface area contributed by atoms with Crippen molar-refractivity contribution in [2.45, 2.75) is 45.3 Å². The molecule has 0 saturated heterocycles. The highest BCUT2D eigenvalue weighted by Crippen LogP contribution is 2.33. The summed E-state index contributed by atoms with van der Waals surface area (Å²) in [6.45, 7) is 5.30. The van der Waals surface area contributed by atoms with Gasteiger partial charge in [0.2, 0.25) is 0 Å². The van der Waals surface area contributed by atoms with Gasteiger partial charge in [-0.1, -0.05) is 0 Å². The van der Waals surface area contributed by atoms with Crippen molar-refractivity contribution < 1.29 is 36.6 Å². The normalized spacial score (nSPS) is 14.4. The lowest BCUT2D eigenvalue weighted by molar-refractivity contribution is -0.153. The second kappa shape index (κ2) is 6.89. The van der Waals surface area contributed by atoms with E-state index in [-0.39, 0.29) is 5.69 Å². The number of alkyl halides is 4. The van der Waals surface area contributed by atoms with Crippen molar-refractivity contribution in [3.05, 3.63) is 29.8 Å². The summed E-state index contributed by atoms with van der Waals surface area (Å²) in [6, 6.07) is 3.07. The summed E-state index contributed by atoms with van der Waals surface area (Å²) in [5.41, 5.74) is -2.30. The summed E-state index contributed by atoms with van der Waals surface area (Å²) in [5, 5.41) is 0. The van der Waals surface area contributed by atoms with Gasteiger partial charge >= 0.3 is 18.2 Å². The van der Waals surface area contributed by atoms with Gasteiger partial charge in [-0.25, -0.2) is 18.9 Å². The molecule has 0 saturated carbocycles. The molecule has 0 aliphatic rings. The van der Waals surface area contributed by atoms with Crippen LogP contribution in [-0.2, 0) is 20.4 Å². The number of methoxy groups -OCH3 is 1. The van der Waals surface area contributed by atoms with Crippen molar-refractivity contribution >= 4 is 17.7 Å². The fourth-order valence-electron chi connectivity index (χ4n) is 1.90. The first-order chi connectivity index (χ1) is 11.2. The number of esters is 1. The molecule has 1 amide bonds. The van der Waals surface area contributed by atoms with Crippen molar-refractivity contribution in [2.24, 2.45) is 0 Å². The maximum absolute atomic E-state index is 14.9. The van der Waals surface area contributed by atoms with Crippen LogP contribution < -0.4 is 4.90 Å². The molecule has 1 rings (SSSR count). The number of nitrogens with zero attached hydrogens (tertiary/aromatic N) is 1. The summed E-state index contributed by atoms with van der Waals surface area (Å²) < 4.78 is 62.3. The molecule has 0 aliphatic carbocycles. The number of amides is 1. The van der Waals surface area contributed by atoms with Crippen molar-refractivity contribution in [3.63, 3.8) is 0 Å². The average molecular weight is 365 g/mol. The Morgan fingerprint density at radius 3 is 1.80 bits per heavy atom. The first kappa shape index (κ1) is 20.7. The zero-order valence-corrected chi connectivity index (χ0v) is 14.4. The third-order valence-electron chi connectivity index (χ3n) is 3.01. The number of anilines is 1. The minimum Gasteiger partial charge on any atom is -0.465 e. The van der Waals surface area contributed by atoms with Crippen LogP contribution in [0, 0.1) is 0 Å². The number of ether oxygens (including phenoxy) is 2. The van der Waals surface area contributed by atoms with Crippen LogP contribution in [0.1, 0.15) is 33.3 Å². The molecule has 140 valence electrons. The molecular formula is C16H19F4NO4.